The first-order valence-electron chi connectivity index (χ1n) is 8.75. The van der Waals surface area contributed by atoms with Crippen molar-refractivity contribution in [3.05, 3.63) is 53.7 Å². The number of nitrogens with zero attached hydrogens (tertiary/aromatic N) is 3. The molecule has 9 nitrogen and oxygen atoms in total. The average Bonchev–Trinajstić information content (AvgIpc) is 3.35. The average molecular weight is 415 g/mol. The van der Waals surface area contributed by atoms with Crippen molar-refractivity contribution < 1.29 is 18.7 Å². The monoisotopic (exact) mass is 415 g/mol. The molecule has 29 heavy (non-hydrogen) atoms. The molecule has 2 aromatic heterocycles. The second kappa shape index (κ2) is 9.28. The van der Waals surface area contributed by atoms with Crippen molar-refractivity contribution >= 4 is 29.3 Å². The van der Waals surface area contributed by atoms with Crippen LogP contribution >= 0.6 is 11.8 Å². The van der Waals surface area contributed by atoms with Gasteiger partial charge >= 0.3 is 0 Å². The third-order valence-electron chi connectivity index (χ3n) is 4.04. The van der Waals surface area contributed by atoms with E-state index in [1.165, 1.54) is 18.0 Å². The number of amides is 2. The number of thioether (sulfide) groups is 1. The molecule has 0 fully saturated rings. The number of carbonyl (C=O) groups is 2. The quantitative estimate of drug-likeness (QED) is 0.543. The molecule has 0 atom stereocenters. The fourth-order valence-electron chi connectivity index (χ4n) is 2.51. The number of benzene rings is 1. The summed E-state index contributed by atoms with van der Waals surface area (Å²) >= 11 is 1.25. The lowest BCUT2D eigenvalue weighted by molar-refractivity contribution is -0.113. The van der Waals surface area contributed by atoms with Crippen LogP contribution in [0.1, 0.15) is 21.9 Å². The van der Waals surface area contributed by atoms with Crippen molar-refractivity contribution in [3.63, 3.8) is 0 Å². The van der Waals surface area contributed by atoms with Crippen LogP contribution in [-0.4, -0.2) is 39.4 Å². The summed E-state index contributed by atoms with van der Waals surface area (Å²) in [6, 6.07) is 8.79. The van der Waals surface area contributed by atoms with E-state index in [9.17, 15) is 9.59 Å². The molecule has 0 radical (unpaired) electrons. The van der Waals surface area contributed by atoms with Crippen LogP contribution in [0.5, 0.6) is 5.75 Å². The Labute approximate surface area is 171 Å². The fraction of sp³-hybridized carbons (Fsp3) is 0.263. The molecule has 0 aliphatic rings. The molecule has 10 heteroatoms. The molecular formula is C19H21N5O4S. The number of carbonyl (C=O) groups excluding carboxylic acids is 2. The molecule has 0 saturated heterocycles. The summed E-state index contributed by atoms with van der Waals surface area (Å²) < 4.78 is 12.0. The van der Waals surface area contributed by atoms with E-state index in [1.54, 1.807) is 30.9 Å². The molecule has 1 aromatic carbocycles. The second-order valence-corrected chi connectivity index (χ2v) is 7.10. The minimum absolute atomic E-state index is 0.155. The minimum Gasteiger partial charge on any atom is -0.495 e. The van der Waals surface area contributed by atoms with Crippen LogP contribution in [0.25, 0.3) is 0 Å². The lowest BCUT2D eigenvalue weighted by Gasteiger charge is -2.11. The Balaban J connectivity index is 1.54. The molecule has 3 rings (SSSR count). The first kappa shape index (κ1) is 20.5. The van der Waals surface area contributed by atoms with E-state index in [-0.39, 0.29) is 29.9 Å². The molecular weight excluding hydrogens is 394 g/mol. The number of rotatable bonds is 8. The smallest absolute Gasteiger partial charge is 0.287 e. The third kappa shape index (κ3) is 5.17. The van der Waals surface area contributed by atoms with Gasteiger partial charge in [0, 0.05) is 7.05 Å². The number of anilines is 1. The lowest BCUT2D eigenvalue weighted by Crippen LogP contribution is -2.24. The molecule has 152 valence electrons. The zero-order valence-electron chi connectivity index (χ0n) is 16.3. The van der Waals surface area contributed by atoms with Crippen molar-refractivity contribution in [1.29, 1.82) is 0 Å². The number of aromatic nitrogens is 3. The molecule has 2 N–H and O–H groups in total. The van der Waals surface area contributed by atoms with E-state index >= 15 is 0 Å². The highest BCUT2D eigenvalue weighted by Crippen LogP contribution is 2.25. The third-order valence-corrected chi connectivity index (χ3v) is 5.06. The van der Waals surface area contributed by atoms with Crippen LogP contribution in [-0.2, 0) is 18.4 Å². The molecule has 0 bridgehead atoms. The first-order valence-corrected chi connectivity index (χ1v) is 9.73. The normalized spacial score (nSPS) is 10.6. The van der Waals surface area contributed by atoms with Gasteiger partial charge in [0.1, 0.15) is 5.75 Å². The van der Waals surface area contributed by atoms with Crippen molar-refractivity contribution in [3.8, 4) is 5.75 Å². The topological polar surface area (TPSA) is 111 Å². The van der Waals surface area contributed by atoms with Crippen LogP contribution in [0.15, 0.2) is 46.2 Å². The van der Waals surface area contributed by atoms with Crippen molar-refractivity contribution in [1.82, 2.24) is 20.1 Å². The zero-order chi connectivity index (χ0) is 20.8. The predicted octanol–water partition coefficient (Wildman–Crippen LogP) is 2.39. The second-order valence-electron chi connectivity index (χ2n) is 6.16. The van der Waals surface area contributed by atoms with Crippen molar-refractivity contribution in [2.75, 3.05) is 18.2 Å². The maximum atomic E-state index is 12.3. The highest BCUT2D eigenvalue weighted by atomic mass is 32.2. The standard InChI is InChI=1S/C19H21N5O4S/c1-12-6-7-14(27-3)13(9-12)21-17(25)11-29-19-23-22-16(24(19)2)10-20-18(26)15-5-4-8-28-15/h4-9H,10-11H2,1-3H3,(H,20,26)(H,21,25). The van der Waals surface area contributed by atoms with Crippen LogP contribution in [0.4, 0.5) is 5.69 Å². The van der Waals surface area contributed by atoms with Gasteiger partial charge in [0.25, 0.3) is 5.91 Å². The summed E-state index contributed by atoms with van der Waals surface area (Å²) in [5.74, 6) is 1.02. The van der Waals surface area contributed by atoms with E-state index in [2.05, 4.69) is 20.8 Å². The molecule has 0 spiro atoms. The summed E-state index contributed by atoms with van der Waals surface area (Å²) in [4.78, 5) is 24.2. The summed E-state index contributed by atoms with van der Waals surface area (Å²) in [7, 11) is 3.33. The Morgan fingerprint density at radius 1 is 1.28 bits per heavy atom. The van der Waals surface area contributed by atoms with Gasteiger partial charge in [0.15, 0.2) is 16.7 Å². The van der Waals surface area contributed by atoms with E-state index in [0.717, 1.165) is 5.56 Å². The van der Waals surface area contributed by atoms with Gasteiger partial charge in [-0.1, -0.05) is 17.8 Å². The number of nitrogens with one attached hydrogen (secondary N) is 2. The first-order chi connectivity index (χ1) is 14.0. The summed E-state index contributed by atoms with van der Waals surface area (Å²) in [6.07, 6.45) is 1.43. The van der Waals surface area contributed by atoms with Gasteiger partial charge in [-0.25, -0.2) is 0 Å². The molecule has 2 amide bonds. The summed E-state index contributed by atoms with van der Waals surface area (Å²) in [5.41, 5.74) is 1.64. The van der Waals surface area contributed by atoms with E-state index in [4.69, 9.17) is 9.15 Å². The minimum atomic E-state index is -0.335. The molecule has 3 aromatic rings. The van der Waals surface area contributed by atoms with Crippen LogP contribution in [0.2, 0.25) is 0 Å². The molecule has 2 heterocycles. The molecule has 0 unspecified atom stereocenters. The number of hydrogen-bond acceptors (Lipinski definition) is 7. The fourth-order valence-corrected chi connectivity index (χ4v) is 3.24. The van der Waals surface area contributed by atoms with Gasteiger partial charge in [-0.2, -0.15) is 0 Å². The number of hydrogen-bond donors (Lipinski definition) is 2. The van der Waals surface area contributed by atoms with Gasteiger partial charge in [-0.05, 0) is 36.8 Å². The summed E-state index contributed by atoms with van der Waals surface area (Å²) in [5, 5.41) is 14.3. The van der Waals surface area contributed by atoms with Gasteiger partial charge in [-0.3, -0.25) is 9.59 Å². The number of aryl methyl sites for hydroxylation is 1. The van der Waals surface area contributed by atoms with E-state index < -0.39 is 0 Å². The Bertz CT molecular complexity index is 1000. The van der Waals surface area contributed by atoms with Crippen molar-refractivity contribution in [2.24, 2.45) is 7.05 Å². The highest BCUT2D eigenvalue weighted by molar-refractivity contribution is 7.99. The maximum Gasteiger partial charge on any atom is 0.287 e. The van der Waals surface area contributed by atoms with Gasteiger partial charge in [-0.15, -0.1) is 10.2 Å². The highest BCUT2D eigenvalue weighted by Gasteiger charge is 2.15. The SMILES string of the molecule is COc1ccc(C)cc1NC(=O)CSc1nnc(CNC(=O)c2ccco2)n1C. The summed E-state index contributed by atoms with van der Waals surface area (Å²) in [6.45, 7) is 2.13. The largest absolute Gasteiger partial charge is 0.495 e. The van der Waals surface area contributed by atoms with E-state index in [0.29, 0.717) is 22.4 Å². The predicted molar refractivity (Wildman–Crippen MR) is 108 cm³/mol. The van der Waals surface area contributed by atoms with E-state index in [1.807, 2.05) is 25.1 Å². The zero-order valence-corrected chi connectivity index (χ0v) is 17.1. The maximum absolute atomic E-state index is 12.3. The molecule has 0 saturated carbocycles. The Hall–Kier alpha value is -3.27. The van der Waals surface area contributed by atoms with Crippen molar-refractivity contribution in [2.45, 2.75) is 18.6 Å². The lowest BCUT2D eigenvalue weighted by atomic mass is 10.2. The molecule has 0 aliphatic carbocycles. The van der Waals surface area contributed by atoms with Crippen LogP contribution in [0.3, 0.4) is 0 Å². The number of methoxy groups -OCH3 is 1. The molecule has 0 aliphatic heterocycles. The Morgan fingerprint density at radius 3 is 2.83 bits per heavy atom. The van der Waals surface area contributed by atoms with Gasteiger partial charge in [0.2, 0.25) is 5.91 Å². The van der Waals surface area contributed by atoms with Gasteiger partial charge < -0.3 is 24.4 Å². The van der Waals surface area contributed by atoms with Crippen LogP contribution < -0.4 is 15.4 Å². The Morgan fingerprint density at radius 2 is 2.10 bits per heavy atom. The Kier molecular flexibility index (Phi) is 6.55. The van der Waals surface area contributed by atoms with Gasteiger partial charge in [0.05, 0.1) is 31.4 Å². The van der Waals surface area contributed by atoms with Crippen LogP contribution in [0, 0.1) is 6.92 Å². The number of furan rings is 1. The number of ether oxygens (including phenoxy) is 1.